The van der Waals surface area contributed by atoms with Crippen LogP contribution in [0.5, 0.6) is 0 Å². The van der Waals surface area contributed by atoms with Crippen molar-refractivity contribution >= 4 is 17.3 Å². The Bertz CT molecular complexity index is 640. The molecule has 3 heteroatoms. The van der Waals surface area contributed by atoms with E-state index in [0.717, 1.165) is 5.56 Å². The second-order valence-corrected chi connectivity index (χ2v) is 4.43. The molecule has 0 amide bonds. The van der Waals surface area contributed by atoms with Gasteiger partial charge >= 0.3 is 0 Å². The van der Waals surface area contributed by atoms with Crippen LogP contribution >= 0.6 is 0 Å². The van der Waals surface area contributed by atoms with E-state index in [1.54, 1.807) is 30.3 Å². The molecule has 1 aliphatic carbocycles. The van der Waals surface area contributed by atoms with Crippen LogP contribution in [-0.2, 0) is 0 Å². The largest absolute Gasteiger partial charge is 0.398 e. The first kappa shape index (κ1) is 10.7. The summed E-state index contributed by atoms with van der Waals surface area (Å²) in [5.41, 5.74) is 8.68. The Labute approximate surface area is 104 Å². The molecule has 2 aromatic rings. The minimum absolute atomic E-state index is 0.120. The summed E-state index contributed by atoms with van der Waals surface area (Å²) in [5, 5.41) is 0. The number of anilines is 1. The number of ketones is 2. The van der Waals surface area contributed by atoms with Gasteiger partial charge in [0, 0.05) is 22.4 Å². The lowest BCUT2D eigenvalue weighted by Gasteiger charge is -2.20. The van der Waals surface area contributed by atoms with E-state index in [0.29, 0.717) is 27.9 Å². The van der Waals surface area contributed by atoms with Gasteiger partial charge in [0.05, 0.1) is 5.56 Å². The molecule has 0 radical (unpaired) electrons. The highest BCUT2D eigenvalue weighted by Gasteiger charge is 2.31. The van der Waals surface area contributed by atoms with Crippen LogP contribution in [0.15, 0.2) is 36.4 Å². The molecule has 88 valence electrons. The van der Waals surface area contributed by atoms with Gasteiger partial charge in [0.1, 0.15) is 0 Å². The van der Waals surface area contributed by atoms with Crippen molar-refractivity contribution < 1.29 is 9.59 Å². The standard InChI is InChI=1S/C15H11NO2/c1-8-4-2-5-9-12(8)14(17)10-6-3-7-11(16)13(10)15(9)18/h2-7H,16H2,1H3. The molecule has 0 heterocycles. The first-order valence-corrected chi connectivity index (χ1v) is 5.68. The lowest BCUT2D eigenvalue weighted by atomic mass is 9.81. The molecule has 0 aromatic heterocycles. The van der Waals surface area contributed by atoms with Crippen LogP contribution in [0.2, 0.25) is 0 Å². The van der Waals surface area contributed by atoms with E-state index in [2.05, 4.69) is 0 Å². The number of hydrogen-bond donors (Lipinski definition) is 1. The highest BCUT2D eigenvalue weighted by atomic mass is 16.1. The Morgan fingerprint density at radius 2 is 1.39 bits per heavy atom. The average Bonchev–Trinajstić information content (AvgIpc) is 2.35. The van der Waals surface area contributed by atoms with E-state index in [1.807, 2.05) is 13.0 Å². The third-order valence-electron chi connectivity index (χ3n) is 3.31. The Hall–Kier alpha value is -2.42. The van der Waals surface area contributed by atoms with Gasteiger partial charge < -0.3 is 5.73 Å². The van der Waals surface area contributed by atoms with E-state index < -0.39 is 0 Å². The molecule has 2 N–H and O–H groups in total. The fourth-order valence-electron chi connectivity index (χ4n) is 2.44. The Morgan fingerprint density at radius 3 is 2.11 bits per heavy atom. The van der Waals surface area contributed by atoms with Gasteiger partial charge in [0.2, 0.25) is 0 Å². The smallest absolute Gasteiger partial charge is 0.196 e. The zero-order valence-corrected chi connectivity index (χ0v) is 9.86. The van der Waals surface area contributed by atoms with Gasteiger partial charge in [-0.3, -0.25) is 9.59 Å². The minimum Gasteiger partial charge on any atom is -0.398 e. The van der Waals surface area contributed by atoms with Crippen molar-refractivity contribution in [2.45, 2.75) is 6.92 Å². The van der Waals surface area contributed by atoms with Crippen LogP contribution in [0.4, 0.5) is 5.69 Å². The fraction of sp³-hybridized carbons (Fsp3) is 0.0667. The van der Waals surface area contributed by atoms with Gasteiger partial charge in [-0.1, -0.05) is 30.3 Å². The topological polar surface area (TPSA) is 60.2 Å². The van der Waals surface area contributed by atoms with Gasteiger partial charge in [-0.2, -0.15) is 0 Å². The van der Waals surface area contributed by atoms with Gasteiger partial charge in [-0.25, -0.2) is 0 Å². The summed E-state index contributed by atoms with van der Waals surface area (Å²) in [4.78, 5) is 24.8. The van der Waals surface area contributed by atoms with Crippen LogP contribution in [0.1, 0.15) is 37.4 Å². The summed E-state index contributed by atoms with van der Waals surface area (Å²) in [5.74, 6) is -0.286. The van der Waals surface area contributed by atoms with Crippen molar-refractivity contribution in [3.8, 4) is 0 Å². The molecule has 0 fully saturated rings. The number of carbonyl (C=O) groups excluding carboxylic acids is 2. The van der Waals surface area contributed by atoms with Crippen LogP contribution in [-0.4, -0.2) is 11.6 Å². The van der Waals surface area contributed by atoms with Crippen molar-refractivity contribution in [2.75, 3.05) is 5.73 Å². The average molecular weight is 237 g/mol. The number of fused-ring (bicyclic) bond motifs is 2. The van der Waals surface area contributed by atoms with E-state index in [9.17, 15) is 9.59 Å². The molecular formula is C15H11NO2. The van der Waals surface area contributed by atoms with E-state index in [-0.39, 0.29) is 11.6 Å². The molecule has 0 unspecified atom stereocenters. The number of nitrogens with two attached hydrogens (primary N) is 1. The summed E-state index contributed by atoms with van der Waals surface area (Å²) in [6.07, 6.45) is 0. The molecule has 18 heavy (non-hydrogen) atoms. The number of aryl methyl sites for hydroxylation is 1. The zero-order valence-electron chi connectivity index (χ0n) is 9.86. The summed E-state index contributed by atoms with van der Waals surface area (Å²) >= 11 is 0. The molecule has 0 saturated carbocycles. The van der Waals surface area contributed by atoms with Crippen molar-refractivity contribution in [3.05, 3.63) is 64.2 Å². The molecule has 3 nitrogen and oxygen atoms in total. The maximum atomic E-state index is 12.4. The van der Waals surface area contributed by atoms with Gasteiger partial charge in [0.15, 0.2) is 11.6 Å². The van der Waals surface area contributed by atoms with E-state index in [4.69, 9.17) is 5.73 Å². The lowest BCUT2D eigenvalue weighted by molar-refractivity contribution is 0.0979. The fourth-order valence-corrected chi connectivity index (χ4v) is 2.44. The highest BCUT2D eigenvalue weighted by molar-refractivity contribution is 6.30. The number of carbonyl (C=O) groups is 2. The third kappa shape index (κ3) is 1.24. The predicted molar refractivity (Wildman–Crippen MR) is 68.9 cm³/mol. The molecule has 3 rings (SSSR count). The SMILES string of the molecule is Cc1cccc2c1C(=O)c1cccc(N)c1C2=O. The van der Waals surface area contributed by atoms with Gasteiger partial charge in [-0.05, 0) is 18.6 Å². The normalized spacial score (nSPS) is 13.2. The highest BCUT2D eigenvalue weighted by Crippen LogP contribution is 2.31. The zero-order chi connectivity index (χ0) is 12.9. The van der Waals surface area contributed by atoms with E-state index in [1.165, 1.54) is 0 Å². The molecular weight excluding hydrogens is 226 g/mol. The first-order chi connectivity index (χ1) is 8.61. The van der Waals surface area contributed by atoms with Crippen LogP contribution in [0.25, 0.3) is 0 Å². The molecule has 0 bridgehead atoms. The second kappa shape index (κ2) is 3.53. The predicted octanol–water partition coefficient (Wildman–Crippen LogP) is 2.35. The Morgan fingerprint density at radius 1 is 0.833 bits per heavy atom. The summed E-state index contributed by atoms with van der Waals surface area (Å²) < 4.78 is 0. The monoisotopic (exact) mass is 237 g/mol. The maximum absolute atomic E-state index is 12.4. The van der Waals surface area contributed by atoms with E-state index >= 15 is 0 Å². The number of benzene rings is 2. The van der Waals surface area contributed by atoms with Gasteiger partial charge in [0.25, 0.3) is 0 Å². The minimum atomic E-state index is -0.165. The molecule has 0 aliphatic heterocycles. The van der Waals surface area contributed by atoms with Crippen molar-refractivity contribution in [1.82, 2.24) is 0 Å². The Balaban J connectivity index is 2.40. The lowest BCUT2D eigenvalue weighted by Crippen LogP contribution is -2.23. The Kier molecular flexibility index (Phi) is 2.10. The van der Waals surface area contributed by atoms with Crippen molar-refractivity contribution in [2.24, 2.45) is 0 Å². The second-order valence-electron chi connectivity index (χ2n) is 4.43. The third-order valence-corrected chi connectivity index (χ3v) is 3.31. The van der Waals surface area contributed by atoms with Crippen molar-refractivity contribution in [3.63, 3.8) is 0 Å². The first-order valence-electron chi connectivity index (χ1n) is 5.68. The molecule has 0 spiro atoms. The molecule has 1 aliphatic rings. The molecule has 2 aromatic carbocycles. The van der Waals surface area contributed by atoms with Crippen LogP contribution in [0.3, 0.4) is 0 Å². The number of rotatable bonds is 0. The molecule has 0 saturated heterocycles. The van der Waals surface area contributed by atoms with Crippen LogP contribution in [0, 0.1) is 6.92 Å². The number of nitrogen functional groups attached to an aromatic ring is 1. The summed E-state index contributed by atoms with van der Waals surface area (Å²) in [7, 11) is 0. The summed E-state index contributed by atoms with van der Waals surface area (Å²) in [6, 6.07) is 10.3. The van der Waals surface area contributed by atoms with Crippen LogP contribution < -0.4 is 5.73 Å². The number of hydrogen-bond acceptors (Lipinski definition) is 3. The summed E-state index contributed by atoms with van der Waals surface area (Å²) in [6.45, 7) is 1.83. The quantitative estimate of drug-likeness (QED) is 0.610. The van der Waals surface area contributed by atoms with Gasteiger partial charge in [-0.15, -0.1) is 0 Å². The molecule has 0 atom stereocenters. The van der Waals surface area contributed by atoms with Crippen molar-refractivity contribution in [1.29, 1.82) is 0 Å². The maximum Gasteiger partial charge on any atom is 0.196 e.